The van der Waals surface area contributed by atoms with Crippen molar-refractivity contribution >= 4 is 37.4 Å². The van der Waals surface area contributed by atoms with Crippen molar-refractivity contribution in [3.8, 4) is 34.0 Å². The van der Waals surface area contributed by atoms with Crippen LogP contribution in [0.3, 0.4) is 0 Å². The predicted octanol–water partition coefficient (Wildman–Crippen LogP) is 4.06. The van der Waals surface area contributed by atoms with Crippen molar-refractivity contribution in [3.05, 3.63) is 93.2 Å². The number of ketones is 1. The molecule has 6 rings (SSSR count). The fourth-order valence-electron chi connectivity index (χ4n) is 5.19. The Morgan fingerprint density at radius 1 is 0.812 bits per heavy atom. The molecule has 0 fully saturated rings. The van der Waals surface area contributed by atoms with Crippen molar-refractivity contribution in [2.24, 2.45) is 0 Å². The Kier molecular flexibility index (Phi) is 15.8. The number of benzene rings is 2. The van der Waals surface area contributed by atoms with Gasteiger partial charge in [-0.1, -0.05) is 23.2 Å². The minimum atomic E-state index is -0.682. The Morgan fingerprint density at radius 2 is 1.25 bits per heavy atom. The molecule has 0 saturated carbocycles. The normalized spacial score (nSPS) is 16.3. The molecule has 2 aliphatic heterocycles. The van der Waals surface area contributed by atoms with Gasteiger partial charge in [0.05, 0.1) is 6.10 Å². The number of halogens is 6. The number of carbonyl (C=O) groups is 1. The smallest absolute Gasteiger partial charge is 1.00 e. The number of carbonyl (C=O) groups excluding carboxylic acids is 1. The number of aliphatic hydroxyl groups is 2. The average Bonchev–Trinajstić information content (AvgIpc) is 3.01. The number of ether oxygens (including phenoxy) is 2. The third kappa shape index (κ3) is 9.71. The van der Waals surface area contributed by atoms with E-state index in [1.165, 1.54) is 37.3 Å². The number of aliphatic hydroxyl groups excluding tert-OH is 2. The van der Waals surface area contributed by atoms with Crippen molar-refractivity contribution < 1.29 is 73.0 Å². The van der Waals surface area contributed by atoms with Crippen molar-refractivity contribution in [1.29, 1.82) is 0 Å². The Labute approximate surface area is 311 Å². The summed E-state index contributed by atoms with van der Waals surface area (Å²) in [5.74, 6) is -2.20. The van der Waals surface area contributed by atoms with Crippen molar-refractivity contribution in [2.45, 2.75) is 57.8 Å². The van der Waals surface area contributed by atoms with E-state index >= 15 is 0 Å². The van der Waals surface area contributed by atoms with E-state index in [4.69, 9.17) is 37.8 Å². The molecule has 0 saturated heterocycles. The summed E-state index contributed by atoms with van der Waals surface area (Å²) in [7, 11) is 1.00. The van der Waals surface area contributed by atoms with Crippen LogP contribution in [0.5, 0.6) is 11.8 Å². The fraction of sp³-hybridized carbons (Fsp3) is 0.303. The molecule has 0 aliphatic carbocycles. The minimum absolute atomic E-state index is 0. The van der Waals surface area contributed by atoms with E-state index < -0.39 is 35.5 Å². The van der Waals surface area contributed by atoms with Gasteiger partial charge in [0, 0.05) is 49.9 Å². The van der Waals surface area contributed by atoms with E-state index in [1.54, 1.807) is 13.0 Å². The molecule has 3 unspecified atom stereocenters. The number of fused-ring (bicyclic) bond motifs is 2. The molecule has 0 bridgehead atoms. The van der Waals surface area contributed by atoms with E-state index in [9.17, 15) is 27.5 Å². The molecule has 15 heteroatoms. The second-order valence-electron chi connectivity index (χ2n) is 10.5. The topological polar surface area (TPSA) is 102 Å². The van der Waals surface area contributed by atoms with Crippen molar-refractivity contribution in [3.63, 3.8) is 0 Å². The fourth-order valence-corrected chi connectivity index (χ4v) is 5.57. The van der Waals surface area contributed by atoms with Gasteiger partial charge in [-0.15, -0.1) is 0 Å². The number of hydrogen-bond donors (Lipinski definition) is 2. The standard InChI is InChI=1S/C16H14ClF2NO2.C16H12ClF2NO2.CH4O.B.Na.H/c2*1-8(21)14-5-4-11-12(7-15(17)20-16(11)22-14)10-3-2-9(18)6-13(10)19;1-2;;;/h2-3,6-8,14,21H,4-5H2,1H3;2-3,6-7,14H,4-5H2,1H3;2H,1H3;;;/q;;;;+1;-1. The van der Waals surface area contributed by atoms with Gasteiger partial charge in [-0.2, -0.15) is 0 Å². The molecular formula is C33H31BCl2F4N2NaO5. The summed E-state index contributed by atoms with van der Waals surface area (Å²) in [5, 5.41) is 16.9. The van der Waals surface area contributed by atoms with Crippen LogP contribution < -0.4 is 39.0 Å². The Morgan fingerprint density at radius 3 is 1.67 bits per heavy atom. The molecule has 7 nitrogen and oxygen atoms in total. The average molecular weight is 716 g/mol. The van der Waals surface area contributed by atoms with Gasteiger partial charge in [0.2, 0.25) is 11.8 Å². The van der Waals surface area contributed by atoms with E-state index in [-0.39, 0.29) is 78.6 Å². The van der Waals surface area contributed by atoms with E-state index in [0.717, 1.165) is 19.2 Å². The Hall–Kier alpha value is -2.71. The number of rotatable bonds is 4. The second kappa shape index (κ2) is 18.3. The zero-order valence-electron chi connectivity index (χ0n) is 27.5. The van der Waals surface area contributed by atoms with Gasteiger partial charge >= 0.3 is 29.6 Å². The molecule has 4 aromatic rings. The third-order valence-corrected chi connectivity index (χ3v) is 7.78. The van der Waals surface area contributed by atoms with Crippen molar-refractivity contribution in [2.75, 3.05) is 7.11 Å². The van der Waals surface area contributed by atoms with Gasteiger partial charge < -0.3 is 21.1 Å². The minimum Gasteiger partial charge on any atom is -1.00 e. The zero-order valence-corrected chi connectivity index (χ0v) is 30.0. The summed E-state index contributed by atoms with van der Waals surface area (Å²) in [5.41, 5.74) is 2.91. The summed E-state index contributed by atoms with van der Waals surface area (Å²) in [4.78, 5) is 19.6. The van der Waals surface area contributed by atoms with Gasteiger partial charge in [-0.3, -0.25) is 4.79 Å². The van der Waals surface area contributed by atoms with Crippen LogP contribution in [0.4, 0.5) is 17.6 Å². The first-order valence-corrected chi connectivity index (χ1v) is 14.9. The summed E-state index contributed by atoms with van der Waals surface area (Å²) in [6.45, 7) is 3.08. The molecule has 3 radical (unpaired) electrons. The Bertz CT molecular complexity index is 1760. The zero-order chi connectivity index (χ0) is 33.7. The molecule has 249 valence electrons. The maximum atomic E-state index is 14.1. The van der Waals surface area contributed by atoms with Gasteiger partial charge in [0.1, 0.15) is 39.7 Å². The number of nitrogens with zero attached hydrogens (tertiary/aromatic N) is 2. The van der Waals surface area contributed by atoms with Crippen LogP contribution in [0.1, 0.15) is 39.2 Å². The van der Waals surface area contributed by atoms with Crippen LogP contribution in [0.2, 0.25) is 10.3 Å². The maximum Gasteiger partial charge on any atom is 1.00 e. The molecule has 2 aromatic carbocycles. The van der Waals surface area contributed by atoms with E-state index in [2.05, 4.69) is 9.97 Å². The molecule has 3 atom stereocenters. The molecule has 0 spiro atoms. The van der Waals surface area contributed by atoms with Crippen LogP contribution in [-0.4, -0.2) is 59.8 Å². The molecule has 48 heavy (non-hydrogen) atoms. The first kappa shape index (κ1) is 41.5. The number of Topliss-reactive ketones (excluding diaryl/α,β-unsaturated/α-hetero) is 1. The third-order valence-electron chi connectivity index (χ3n) is 7.40. The van der Waals surface area contributed by atoms with Gasteiger partial charge in [-0.05, 0) is 87.1 Å². The number of pyridine rings is 2. The largest absolute Gasteiger partial charge is 1.00 e. The second-order valence-corrected chi connectivity index (χ2v) is 11.3. The van der Waals surface area contributed by atoms with E-state index in [0.29, 0.717) is 53.8 Å². The van der Waals surface area contributed by atoms with Crippen molar-refractivity contribution in [1.82, 2.24) is 9.97 Å². The van der Waals surface area contributed by atoms with Gasteiger partial charge in [-0.25, -0.2) is 27.5 Å². The first-order valence-electron chi connectivity index (χ1n) is 14.2. The first-order chi connectivity index (χ1) is 21.9. The van der Waals surface area contributed by atoms with Crippen LogP contribution >= 0.6 is 23.2 Å². The molecule has 2 N–H and O–H groups in total. The molecule has 2 aliphatic rings. The number of hydrogen-bond acceptors (Lipinski definition) is 7. The van der Waals surface area contributed by atoms with Crippen LogP contribution in [0.15, 0.2) is 48.5 Å². The van der Waals surface area contributed by atoms with Gasteiger partial charge in [0.15, 0.2) is 11.9 Å². The molecule has 4 heterocycles. The maximum absolute atomic E-state index is 14.1. The summed E-state index contributed by atoms with van der Waals surface area (Å²) in [6.07, 6.45) is 0.580. The van der Waals surface area contributed by atoms with Crippen LogP contribution in [0, 0.1) is 23.3 Å². The molecule has 0 amide bonds. The number of aromatic nitrogens is 2. The molecular weight excluding hydrogens is 685 g/mol. The molecule has 2 aromatic heterocycles. The quantitative estimate of drug-likeness (QED) is 0.187. The van der Waals surface area contributed by atoms with E-state index in [1.807, 2.05) is 0 Å². The predicted molar refractivity (Wildman–Crippen MR) is 172 cm³/mol. The van der Waals surface area contributed by atoms with Crippen LogP contribution in [-0.2, 0) is 17.6 Å². The SMILES string of the molecule is CC(=O)C1CCc2c(-c3ccc(F)cc3F)cc(Cl)nc2O1.CC(O)C1CCc2c(-c3ccc(F)cc3F)cc(Cl)nc2O1.CO.[B].[H-].[Na+]. The Balaban J connectivity index is 0.000000441. The van der Waals surface area contributed by atoms with Crippen LogP contribution in [0.25, 0.3) is 22.3 Å². The van der Waals surface area contributed by atoms with Gasteiger partial charge in [0.25, 0.3) is 0 Å². The summed E-state index contributed by atoms with van der Waals surface area (Å²) in [6, 6.07) is 9.82. The monoisotopic (exact) mass is 715 g/mol. The summed E-state index contributed by atoms with van der Waals surface area (Å²) < 4.78 is 65.5. The summed E-state index contributed by atoms with van der Waals surface area (Å²) >= 11 is 12.0.